The SMILES string of the molecule is CN(C)c1ccccc1-c1ccccc1P(=O)(C1CCCCC1)C1CCCCC1. The summed E-state index contributed by atoms with van der Waals surface area (Å²) in [5.74, 6) is 0. The van der Waals surface area contributed by atoms with Gasteiger partial charge in [-0.25, -0.2) is 0 Å². The molecular formula is C26H36NOP. The maximum Gasteiger partial charge on any atom is 0.122 e. The molecule has 0 amide bonds. The van der Waals surface area contributed by atoms with Gasteiger partial charge in [0.05, 0.1) is 0 Å². The van der Waals surface area contributed by atoms with Gasteiger partial charge >= 0.3 is 0 Å². The van der Waals surface area contributed by atoms with Crippen molar-refractivity contribution < 1.29 is 4.57 Å². The standard InChI is InChI=1S/C26H36NOP/c1-27(2)25-19-11-9-17-23(25)24-18-10-12-20-26(24)29(28,21-13-5-3-6-14-21)22-15-7-4-8-16-22/h9-12,17-22H,3-8,13-16H2,1-2H3. The Hall–Kier alpha value is -1.53. The highest BCUT2D eigenvalue weighted by atomic mass is 31.2. The fourth-order valence-corrected chi connectivity index (χ4v) is 10.3. The Bertz CT molecular complexity index is 841. The molecule has 0 heterocycles. The highest BCUT2D eigenvalue weighted by molar-refractivity contribution is 7.73. The van der Waals surface area contributed by atoms with Crippen LogP contribution in [0.5, 0.6) is 0 Å². The van der Waals surface area contributed by atoms with Crippen LogP contribution >= 0.6 is 7.14 Å². The lowest BCUT2D eigenvalue weighted by Gasteiger charge is -2.39. The van der Waals surface area contributed by atoms with Gasteiger partial charge in [-0.1, -0.05) is 81.0 Å². The van der Waals surface area contributed by atoms with Gasteiger partial charge in [0.1, 0.15) is 7.14 Å². The second-order valence-electron chi connectivity index (χ2n) is 9.22. The highest BCUT2D eigenvalue weighted by Crippen LogP contribution is 2.63. The quantitative estimate of drug-likeness (QED) is 0.492. The van der Waals surface area contributed by atoms with Crippen molar-refractivity contribution in [2.75, 3.05) is 19.0 Å². The molecule has 0 bridgehead atoms. The first kappa shape index (κ1) is 20.7. The van der Waals surface area contributed by atoms with Gasteiger partial charge in [0.15, 0.2) is 0 Å². The van der Waals surface area contributed by atoms with E-state index in [-0.39, 0.29) is 0 Å². The second-order valence-corrected chi connectivity index (χ2v) is 12.6. The van der Waals surface area contributed by atoms with Crippen LogP contribution in [0.2, 0.25) is 0 Å². The van der Waals surface area contributed by atoms with Crippen molar-refractivity contribution in [2.24, 2.45) is 0 Å². The van der Waals surface area contributed by atoms with Crippen LogP contribution in [-0.4, -0.2) is 25.4 Å². The molecule has 0 unspecified atom stereocenters. The van der Waals surface area contributed by atoms with Crippen LogP contribution in [-0.2, 0) is 4.57 Å². The van der Waals surface area contributed by atoms with Gasteiger partial charge in [-0.2, -0.15) is 0 Å². The predicted molar refractivity (Wildman–Crippen MR) is 127 cm³/mol. The van der Waals surface area contributed by atoms with Gasteiger partial charge in [0.25, 0.3) is 0 Å². The molecule has 0 aliphatic heterocycles. The summed E-state index contributed by atoms with van der Waals surface area (Å²) in [5, 5.41) is 1.17. The maximum atomic E-state index is 15.2. The molecule has 29 heavy (non-hydrogen) atoms. The van der Waals surface area contributed by atoms with Crippen LogP contribution in [0, 0.1) is 0 Å². The Morgan fingerprint density at radius 1 is 0.690 bits per heavy atom. The fourth-order valence-electron chi connectivity index (χ4n) is 5.72. The molecule has 2 saturated carbocycles. The summed E-state index contributed by atoms with van der Waals surface area (Å²) in [6.07, 6.45) is 12.2. The number of hydrogen-bond donors (Lipinski definition) is 0. The molecular weight excluding hydrogens is 373 g/mol. The minimum atomic E-state index is -2.49. The summed E-state index contributed by atoms with van der Waals surface area (Å²) in [4.78, 5) is 2.18. The van der Waals surface area contributed by atoms with E-state index in [9.17, 15) is 0 Å². The summed E-state index contributed by atoms with van der Waals surface area (Å²) >= 11 is 0. The normalized spacial score (nSPS) is 19.2. The predicted octanol–water partition coefficient (Wildman–Crippen LogP) is 7.07. The third-order valence-electron chi connectivity index (χ3n) is 7.19. The molecule has 2 nitrogen and oxygen atoms in total. The van der Waals surface area contributed by atoms with Crippen molar-refractivity contribution >= 4 is 18.1 Å². The topological polar surface area (TPSA) is 20.3 Å². The Morgan fingerprint density at radius 3 is 1.72 bits per heavy atom. The Morgan fingerprint density at radius 2 is 1.17 bits per heavy atom. The van der Waals surface area contributed by atoms with Gasteiger partial charge in [0.2, 0.25) is 0 Å². The molecule has 0 aromatic heterocycles. The molecule has 0 atom stereocenters. The summed E-state index contributed by atoms with van der Waals surface area (Å²) < 4.78 is 15.2. The largest absolute Gasteiger partial charge is 0.377 e. The highest BCUT2D eigenvalue weighted by Gasteiger charge is 2.43. The zero-order valence-electron chi connectivity index (χ0n) is 18.1. The molecule has 0 saturated heterocycles. The smallest absolute Gasteiger partial charge is 0.122 e. The molecule has 156 valence electrons. The van der Waals surface area contributed by atoms with Gasteiger partial charge in [-0.05, 0) is 37.3 Å². The van der Waals surface area contributed by atoms with Gasteiger partial charge in [-0.3, -0.25) is 0 Å². The Balaban J connectivity index is 1.87. The number of benzene rings is 2. The molecule has 2 aliphatic carbocycles. The molecule has 2 aromatic rings. The van der Waals surface area contributed by atoms with Crippen molar-refractivity contribution in [1.82, 2.24) is 0 Å². The molecule has 2 aromatic carbocycles. The molecule has 2 fully saturated rings. The van der Waals surface area contributed by atoms with E-state index in [4.69, 9.17) is 0 Å². The average Bonchev–Trinajstić information content (AvgIpc) is 2.79. The molecule has 0 spiro atoms. The van der Waals surface area contributed by atoms with E-state index in [0.717, 1.165) is 25.7 Å². The van der Waals surface area contributed by atoms with Crippen LogP contribution in [0.4, 0.5) is 5.69 Å². The first-order valence-electron chi connectivity index (χ1n) is 11.6. The van der Waals surface area contributed by atoms with Crippen molar-refractivity contribution in [3.8, 4) is 11.1 Å². The second kappa shape index (κ2) is 9.09. The summed E-state index contributed by atoms with van der Waals surface area (Å²) in [6.45, 7) is 0. The first-order valence-corrected chi connectivity index (χ1v) is 13.4. The number of rotatable bonds is 5. The lowest BCUT2D eigenvalue weighted by molar-refractivity contribution is 0.453. The monoisotopic (exact) mass is 409 g/mol. The van der Waals surface area contributed by atoms with Gasteiger partial charge in [-0.15, -0.1) is 0 Å². The van der Waals surface area contributed by atoms with E-state index < -0.39 is 7.14 Å². The molecule has 0 radical (unpaired) electrons. The van der Waals surface area contributed by atoms with E-state index in [1.807, 2.05) is 0 Å². The summed E-state index contributed by atoms with van der Waals surface area (Å²) in [7, 11) is 1.71. The minimum absolute atomic E-state index is 0.381. The van der Waals surface area contributed by atoms with Crippen LogP contribution in [0.25, 0.3) is 11.1 Å². The lowest BCUT2D eigenvalue weighted by Crippen LogP contribution is -2.30. The van der Waals surface area contributed by atoms with Crippen molar-refractivity contribution in [2.45, 2.75) is 75.5 Å². The molecule has 4 rings (SSSR count). The van der Waals surface area contributed by atoms with Crippen LogP contribution in [0.15, 0.2) is 48.5 Å². The van der Waals surface area contributed by atoms with Gasteiger partial charge < -0.3 is 9.46 Å². The van der Waals surface area contributed by atoms with Crippen LogP contribution in [0.1, 0.15) is 64.2 Å². The van der Waals surface area contributed by atoms with E-state index >= 15 is 4.57 Å². The van der Waals surface area contributed by atoms with Crippen LogP contribution in [0.3, 0.4) is 0 Å². The number of hydrogen-bond acceptors (Lipinski definition) is 2. The fraction of sp³-hybridized carbons (Fsp3) is 0.538. The third kappa shape index (κ3) is 4.06. The van der Waals surface area contributed by atoms with Gasteiger partial charge in [0, 0.05) is 42.0 Å². The lowest BCUT2D eigenvalue weighted by atomic mass is 9.99. The average molecular weight is 410 g/mol. The van der Waals surface area contributed by atoms with Crippen LogP contribution < -0.4 is 10.2 Å². The van der Waals surface area contributed by atoms with E-state index in [1.165, 1.54) is 60.6 Å². The van der Waals surface area contributed by atoms with Crippen molar-refractivity contribution in [3.63, 3.8) is 0 Å². The number of anilines is 1. The van der Waals surface area contributed by atoms with Crippen molar-refractivity contribution in [3.05, 3.63) is 48.5 Å². The zero-order chi connectivity index (χ0) is 20.3. The first-order chi connectivity index (χ1) is 14.1. The zero-order valence-corrected chi connectivity index (χ0v) is 19.0. The molecule has 2 aliphatic rings. The van der Waals surface area contributed by atoms with Crippen molar-refractivity contribution in [1.29, 1.82) is 0 Å². The Kier molecular flexibility index (Phi) is 6.50. The molecule has 0 N–H and O–H groups in total. The van der Waals surface area contributed by atoms with E-state index in [0.29, 0.717) is 11.3 Å². The molecule has 3 heteroatoms. The maximum absolute atomic E-state index is 15.2. The number of para-hydroxylation sites is 1. The minimum Gasteiger partial charge on any atom is -0.377 e. The number of nitrogens with zero attached hydrogens (tertiary/aromatic N) is 1. The summed E-state index contributed by atoms with van der Waals surface area (Å²) in [6, 6.07) is 17.3. The van der Waals surface area contributed by atoms with E-state index in [1.54, 1.807) is 0 Å². The Labute approximate surface area is 177 Å². The summed E-state index contributed by atoms with van der Waals surface area (Å²) in [5.41, 5.74) is 4.40. The third-order valence-corrected chi connectivity index (χ3v) is 11.5. The van der Waals surface area contributed by atoms with E-state index in [2.05, 4.69) is 67.5 Å².